The van der Waals surface area contributed by atoms with Crippen LogP contribution in [0.1, 0.15) is 25.5 Å². The summed E-state index contributed by atoms with van der Waals surface area (Å²) >= 11 is 0. The van der Waals surface area contributed by atoms with Crippen molar-refractivity contribution in [3.8, 4) is 5.69 Å². The maximum Gasteiger partial charge on any atom is 0.169 e. The minimum absolute atomic E-state index is 0.0522. The smallest absolute Gasteiger partial charge is 0.169 e. The van der Waals surface area contributed by atoms with Crippen LogP contribution in [0.4, 0.5) is 14.6 Å². The second-order valence-electron chi connectivity index (χ2n) is 4.05. The summed E-state index contributed by atoms with van der Waals surface area (Å²) in [6.45, 7) is 3.81. The molecule has 1 aromatic carbocycles. The van der Waals surface area contributed by atoms with E-state index >= 15 is 0 Å². The number of nitrogen functional groups attached to an aromatic ring is 1. The van der Waals surface area contributed by atoms with Gasteiger partial charge in [0.2, 0.25) is 0 Å². The molecule has 0 unspecified atom stereocenters. The van der Waals surface area contributed by atoms with Gasteiger partial charge in [-0.2, -0.15) is 0 Å². The summed E-state index contributed by atoms with van der Waals surface area (Å²) in [5.41, 5.74) is 6.58. The first-order valence-corrected chi connectivity index (χ1v) is 5.16. The fourth-order valence-electron chi connectivity index (χ4n) is 1.69. The maximum atomic E-state index is 13.1. The molecule has 0 fully saturated rings. The highest BCUT2D eigenvalue weighted by Gasteiger charge is 2.16. The number of hydrogen-bond donors (Lipinski definition) is 1. The Morgan fingerprint density at radius 2 is 1.76 bits per heavy atom. The number of nitrogens with two attached hydrogens (primary N) is 1. The molecule has 0 radical (unpaired) electrons. The molecule has 0 bridgehead atoms. The summed E-state index contributed by atoms with van der Waals surface area (Å²) in [4.78, 5) is 0. The molecule has 1 heterocycles. The van der Waals surface area contributed by atoms with Crippen LogP contribution in [0.15, 0.2) is 18.2 Å². The Morgan fingerprint density at radius 1 is 1.18 bits per heavy atom. The van der Waals surface area contributed by atoms with E-state index in [1.165, 1.54) is 16.8 Å². The lowest BCUT2D eigenvalue weighted by Crippen LogP contribution is -2.06. The highest BCUT2D eigenvalue weighted by molar-refractivity contribution is 5.42. The number of benzene rings is 1. The van der Waals surface area contributed by atoms with Crippen LogP contribution in [0.25, 0.3) is 5.69 Å². The van der Waals surface area contributed by atoms with Gasteiger partial charge in [-0.05, 0) is 18.1 Å². The molecule has 2 aromatic rings. The largest absolute Gasteiger partial charge is 0.381 e. The third-order valence-electron chi connectivity index (χ3n) is 2.37. The molecule has 2 N–H and O–H groups in total. The molecular weight excluding hydrogens is 226 g/mol. The zero-order chi connectivity index (χ0) is 12.6. The molecule has 0 aliphatic rings. The highest BCUT2D eigenvalue weighted by Crippen LogP contribution is 2.23. The van der Waals surface area contributed by atoms with E-state index in [0.717, 1.165) is 6.07 Å². The number of hydrogen-bond acceptors (Lipinski definition) is 3. The second kappa shape index (κ2) is 4.12. The minimum atomic E-state index is -0.663. The van der Waals surface area contributed by atoms with E-state index in [1.807, 2.05) is 13.8 Å². The van der Waals surface area contributed by atoms with Crippen molar-refractivity contribution in [3.63, 3.8) is 0 Å². The van der Waals surface area contributed by atoms with E-state index in [-0.39, 0.29) is 17.4 Å². The van der Waals surface area contributed by atoms with Crippen LogP contribution < -0.4 is 5.73 Å². The van der Waals surface area contributed by atoms with Gasteiger partial charge in [-0.25, -0.2) is 13.5 Å². The van der Waals surface area contributed by atoms with Gasteiger partial charge in [-0.15, -0.1) is 5.10 Å². The summed E-state index contributed by atoms with van der Waals surface area (Å²) in [7, 11) is 0. The Morgan fingerprint density at radius 3 is 2.29 bits per heavy atom. The van der Waals surface area contributed by atoms with Gasteiger partial charge in [0, 0.05) is 6.07 Å². The van der Waals surface area contributed by atoms with Gasteiger partial charge in [0.1, 0.15) is 11.6 Å². The van der Waals surface area contributed by atoms with Gasteiger partial charge in [0.15, 0.2) is 5.82 Å². The van der Waals surface area contributed by atoms with Crippen molar-refractivity contribution < 1.29 is 8.78 Å². The predicted molar refractivity (Wildman–Crippen MR) is 59.8 cm³/mol. The molecule has 17 heavy (non-hydrogen) atoms. The Bertz CT molecular complexity index is 528. The SMILES string of the molecule is CC(C)c1c(N)nnn1-c1cc(F)cc(F)c1. The van der Waals surface area contributed by atoms with Crippen LogP contribution in [-0.4, -0.2) is 15.0 Å². The molecule has 0 aliphatic heterocycles. The molecule has 0 aliphatic carbocycles. The van der Waals surface area contributed by atoms with Crippen LogP contribution in [0, 0.1) is 11.6 Å². The van der Waals surface area contributed by atoms with Crippen LogP contribution >= 0.6 is 0 Å². The highest BCUT2D eigenvalue weighted by atomic mass is 19.1. The van der Waals surface area contributed by atoms with E-state index in [9.17, 15) is 8.78 Å². The Kier molecular flexibility index (Phi) is 2.79. The van der Waals surface area contributed by atoms with E-state index in [1.54, 1.807) is 0 Å². The standard InChI is InChI=1S/C11H12F2N4/c1-6(2)10-11(14)15-16-17(10)9-4-7(12)3-8(13)5-9/h3-6H,14H2,1-2H3. The van der Waals surface area contributed by atoms with E-state index < -0.39 is 11.6 Å². The van der Waals surface area contributed by atoms with Crippen LogP contribution in [0.2, 0.25) is 0 Å². The molecular formula is C11H12F2N4. The second-order valence-corrected chi connectivity index (χ2v) is 4.05. The van der Waals surface area contributed by atoms with Crippen molar-refractivity contribution in [1.29, 1.82) is 0 Å². The Balaban J connectivity index is 2.60. The molecule has 0 atom stereocenters. The summed E-state index contributed by atoms with van der Waals surface area (Å²) in [5, 5.41) is 7.52. The van der Waals surface area contributed by atoms with Crippen LogP contribution in [0.3, 0.4) is 0 Å². The molecule has 0 spiro atoms. The zero-order valence-electron chi connectivity index (χ0n) is 9.48. The zero-order valence-corrected chi connectivity index (χ0v) is 9.48. The lowest BCUT2D eigenvalue weighted by Gasteiger charge is -2.09. The van der Waals surface area contributed by atoms with Gasteiger partial charge < -0.3 is 5.73 Å². The number of halogens is 2. The van der Waals surface area contributed by atoms with Gasteiger partial charge >= 0.3 is 0 Å². The van der Waals surface area contributed by atoms with E-state index in [0.29, 0.717) is 5.69 Å². The summed E-state index contributed by atoms with van der Waals surface area (Å²) in [6, 6.07) is 3.17. The van der Waals surface area contributed by atoms with Crippen molar-refractivity contribution in [3.05, 3.63) is 35.5 Å². The number of rotatable bonds is 2. The summed E-state index contributed by atoms with van der Waals surface area (Å²) in [6.07, 6.45) is 0. The molecule has 90 valence electrons. The third kappa shape index (κ3) is 2.11. The Labute approximate surface area is 97.0 Å². The van der Waals surface area contributed by atoms with Crippen molar-refractivity contribution in [2.24, 2.45) is 0 Å². The predicted octanol–water partition coefficient (Wildman–Crippen LogP) is 2.25. The minimum Gasteiger partial charge on any atom is -0.381 e. The molecule has 1 aromatic heterocycles. The number of aromatic nitrogens is 3. The summed E-state index contributed by atoms with van der Waals surface area (Å²) < 4.78 is 27.6. The van der Waals surface area contributed by atoms with Crippen molar-refractivity contribution in [2.75, 3.05) is 5.73 Å². The van der Waals surface area contributed by atoms with E-state index in [4.69, 9.17) is 5.73 Å². The maximum absolute atomic E-state index is 13.1. The summed E-state index contributed by atoms with van der Waals surface area (Å²) in [5.74, 6) is -1.01. The fourth-order valence-corrected chi connectivity index (χ4v) is 1.69. The quantitative estimate of drug-likeness (QED) is 0.873. The van der Waals surface area contributed by atoms with Crippen LogP contribution in [0.5, 0.6) is 0 Å². The first-order valence-electron chi connectivity index (χ1n) is 5.16. The van der Waals surface area contributed by atoms with Gasteiger partial charge in [-0.3, -0.25) is 0 Å². The topological polar surface area (TPSA) is 56.7 Å². The monoisotopic (exact) mass is 238 g/mol. The van der Waals surface area contributed by atoms with Gasteiger partial charge in [0.25, 0.3) is 0 Å². The molecule has 4 nitrogen and oxygen atoms in total. The number of anilines is 1. The van der Waals surface area contributed by atoms with Crippen molar-refractivity contribution >= 4 is 5.82 Å². The van der Waals surface area contributed by atoms with Gasteiger partial charge in [-0.1, -0.05) is 19.1 Å². The first kappa shape index (κ1) is 11.5. The first-order chi connectivity index (χ1) is 7.99. The van der Waals surface area contributed by atoms with Crippen molar-refractivity contribution in [2.45, 2.75) is 19.8 Å². The average molecular weight is 238 g/mol. The fraction of sp³-hybridized carbons (Fsp3) is 0.273. The molecule has 0 saturated heterocycles. The van der Waals surface area contributed by atoms with Gasteiger partial charge in [0.05, 0.1) is 11.4 Å². The number of nitrogens with zero attached hydrogens (tertiary/aromatic N) is 3. The molecule has 0 amide bonds. The van der Waals surface area contributed by atoms with Crippen LogP contribution in [-0.2, 0) is 0 Å². The lowest BCUT2D eigenvalue weighted by atomic mass is 10.1. The molecule has 6 heteroatoms. The van der Waals surface area contributed by atoms with Crippen molar-refractivity contribution in [1.82, 2.24) is 15.0 Å². The Hall–Kier alpha value is -1.98. The lowest BCUT2D eigenvalue weighted by molar-refractivity contribution is 0.577. The molecule has 2 rings (SSSR count). The normalized spacial score (nSPS) is 11.1. The average Bonchev–Trinajstić information content (AvgIpc) is 2.58. The van der Waals surface area contributed by atoms with E-state index in [2.05, 4.69) is 10.3 Å². The molecule has 0 saturated carbocycles. The third-order valence-corrected chi connectivity index (χ3v) is 2.37.